The van der Waals surface area contributed by atoms with E-state index < -0.39 is 0 Å². The normalized spacial score (nSPS) is 17.6. The first kappa shape index (κ1) is 11.5. The van der Waals surface area contributed by atoms with Gasteiger partial charge in [-0.25, -0.2) is 4.68 Å². The zero-order valence-corrected chi connectivity index (χ0v) is 9.26. The van der Waals surface area contributed by atoms with Gasteiger partial charge in [0.25, 0.3) is 0 Å². The van der Waals surface area contributed by atoms with E-state index in [1.54, 1.807) is 4.68 Å². The first-order chi connectivity index (χ1) is 7.78. The van der Waals surface area contributed by atoms with Gasteiger partial charge in [-0.1, -0.05) is 5.21 Å². The maximum Gasteiger partial charge on any atom is 0.0964 e. The smallest absolute Gasteiger partial charge is 0.0964 e. The molecule has 1 fully saturated rings. The van der Waals surface area contributed by atoms with Crippen LogP contribution < -0.4 is 5.32 Å². The van der Waals surface area contributed by atoms with Gasteiger partial charge in [-0.2, -0.15) is 0 Å². The minimum Gasteiger partial charge on any atom is -0.396 e. The topological polar surface area (TPSA) is 83.2 Å². The molecule has 0 aliphatic heterocycles. The summed E-state index contributed by atoms with van der Waals surface area (Å²) in [4.78, 5) is 0. The average Bonchev–Trinajstić information content (AvgIpc) is 2.94. The predicted molar refractivity (Wildman–Crippen MR) is 57.6 cm³/mol. The summed E-state index contributed by atoms with van der Waals surface area (Å²) in [5.74, 6) is 0. The summed E-state index contributed by atoms with van der Waals surface area (Å²) < 4.78 is 1.62. The van der Waals surface area contributed by atoms with Crippen molar-refractivity contribution in [1.29, 1.82) is 0 Å². The third-order valence-corrected chi connectivity index (χ3v) is 3.01. The van der Waals surface area contributed by atoms with Crippen LogP contribution in [0.25, 0.3) is 0 Å². The average molecular weight is 226 g/mol. The molecule has 1 aliphatic carbocycles. The van der Waals surface area contributed by atoms with E-state index in [1.165, 1.54) is 0 Å². The quantitative estimate of drug-likeness (QED) is 0.563. The van der Waals surface area contributed by atoms with Crippen LogP contribution in [0.5, 0.6) is 0 Å². The highest BCUT2D eigenvalue weighted by molar-refractivity contribution is 4.96. The van der Waals surface area contributed by atoms with Gasteiger partial charge in [-0.05, 0) is 12.8 Å². The lowest BCUT2D eigenvalue weighted by molar-refractivity contribution is 0.207. The first-order valence-corrected chi connectivity index (χ1v) is 5.59. The summed E-state index contributed by atoms with van der Waals surface area (Å²) in [6.45, 7) is 2.30. The second-order valence-corrected chi connectivity index (χ2v) is 4.46. The molecular weight excluding hydrogens is 208 g/mol. The van der Waals surface area contributed by atoms with Crippen molar-refractivity contribution in [3.63, 3.8) is 0 Å². The molecule has 0 unspecified atom stereocenters. The number of aliphatic hydroxyl groups excluding tert-OH is 2. The zero-order chi connectivity index (χ0) is 11.4. The highest BCUT2D eigenvalue weighted by atomic mass is 16.3. The van der Waals surface area contributed by atoms with Crippen molar-refractivity contribution in [3.8, 4) is 0 Å². The van der Waals surface area contributed by atoms with Crippen molar-refractivity contribution in [2.75, 3.05) is 19.8 Å². The molecule has 0 bridgehead atoms. The molecule has 6 nitrogen and oxygen atoms in total. The lowest BCUT2D eigenvalue weighted by Gasteiger charge is -2.11. The van der Waals surface area contributed by atoms with E-state index in [9.17, 15) is 0 Å². The summed E-state index contributed by atoms with van der Waals surface area (Å²) in [7, 11) is 0. The van der Waals surface area contributed by atoms with Crippen LogP contribution in [-0.4, -0.2) is 45.0 Å². The minimum absolute atomic E-state index is 0.0733. The third kappa shape index (κ3) is 2.78. The Bertz CT molecular complexity index is 335. The summed E-state index contributed by atoms with van der Waals surface area (Å²) in [6, 6.07) is 0. The fraction of sp³-hybridized carbons (Fsp3) is 0.800. The summed E-state index contributed by atoms with van der Waals surface area (Å²) in [5, 5.41) is 29.0. The van der Waals surface area contributed by atoms with Crippen LogP contribution in [0.2, 0.25) is 0 Å². The zero-order valence-electron chi connectivity index (χ0n) is 9.26. The summed E-state index contributed by atoms with van der Waals surface area (Å²) >= 11 is 0. The number of nitrogens with one attached hydrogen (secondary N) is 1. The van der Waals surface area contributed by atoms with Crippen LogP contribution in [0.1, 0.15) is 18.5 Å². The molecule has 1 aliphatic rings. The fourth-order valence-electron chi connectivity index (χ4n) is 1.65. The summed E-state index contributed by atoms with van der Waals surface area (Å²) in [5.41, 5.74) is 0.989. The predicted octanol–water partition coefficient (Wildman–Crippen LogP) is -0.867. The maximum absolute atomic E-state index is 9.13. The highest BCUT2D eigenvalue weighted by Crippen LogP contribution is 2.44. The van der Waals surface area contributed by atoms with Crippen molar-refractivity contribution in [2.24, 2.45) is 5.41 Å². The Morgan fingerprint density at radius 2 is 2.25 bits per heavy atom. The van der Waals surface area contributed by atoms with Gasteiger partial charge in [0.15, 0.2) is 0 Å². The van der Waals surface area contributed by atoms with Crippen molar-refractivity contribution >= 4 is 0 Å². The van der Waals surface area contributed by atoms with Crippen molar-refractivity contribution in [3.05, 3.63) is 11.9 Å². The van der Waals surface area contributed by atoms with Crippen molar-refractivity contribution in [1.82, 2.24) is 20.3 Å². The molecule has 16 heavy (non-hydrogen) atoms. The standard InChI is InChI=1S/C10H18N4O2/c15-4-3-14-6-9(12-13-14)5-11-7-10(8-16)1-2-10/h6,11,15-16H,1-5,7-8H2. The van der Waals surface area contributed by atoms with E-state index in [4.69, 9.17) is 10.2 Å². The molecule has 3 N–H and O–H groups in total. The van der Waals surface area contributed by atoms with Gasteiger partial charge >= 0.3 is 0 Å². The molecule has 0 amide bonds. The lowest BCUT2D eigenvalue weighted by Crippen LogP contribution is -2.26. The molecule has 0 atom stereocenters. The molecule has 0 radical (unpaired) electrons. The van der Waals surface area contributed by atoms with E-state index in [2.05, 4.69) is 15.6 Å². The van der Waals surface area contributed by atoms with E-state index in [1.807, 2.05) is 6.20 Å². The lowest BCUT2D eigenvalue weighted by atomic mass is 10.1. The maximum atomic E-state index is 9.13. The van der Waals surface area contributed by atoms with Gasteiger partial charge in [0.1, 0.15) is 0 Å². The fourth-order valence-corrected chi connectivity index (χ4v) is 1.65. The molecule has 6 heteroatoms. The number of hydrogen-bond donors (Lipinski definition) is 3. The van der Waals surface area contributed by atoms with Gasteiger partial charge in [0, 0.05) is 31.3 Å². The van der Waals surface area contributed by atoms with Crippen LogP contribution in [0, 0.1) is 5.41 Å². The Hall–Kier alpha value is -0.980. The minimum atomic E-state index is 0.0733. The van der Waals surface area contributed by atoms with Crippen LogP contribution in [0.4, 0.5) is 0 Å². The Balaban J connectivity index is 1.72. The van der Waals surface area contributed by atoms with Gasteiger partial charge in [0.05, 0.1) is 18.8 Å². The molecule has 90 valence electrons. The number of aliphatic hydroxyl groups is 2. The van der Waals surface area contributed by atoms with Gasteiger partial charge in [-0.15, -0.1) is 5.10 Å². The largest absolute Gasteiger partial charge is 0.396 e. The molecule has 0 spiro atoms. The van der Waals surface area contributed by atoms with E-state index in [0.717, 1.165) is 25.1 Å². The van der Waals surface area contributed by atoms with Crippen molar-refractivity contribution < 1.29 is 10.2 Å². The molecule has 1 aromatic heterocycles. The van der Waals surface area contributed by atoms with Crippen molar-refractivity contribution in [2.45, 2.75) is 25.9 Å². The SMILES string of the molecule is OCCn1cc(CNCC2(CO)CC2)nn1. The van der Waals surface area contributed by atoms with E-state index in [-0.39, 0.29) is 18.6 Å². The number of aromatic nitrogens is 3. The van der Waals surface area contributed by atoms with E-state index in [0.29, 0.717) is 13.1 Å². The molecular formula is C10H18N4O2. The number of rotatable bonds is 7. The first-order valence-electron chi connectivity index (χ1n) is 5.59. The number of nitrogens with zero attached hydrogens (tertiary/aromatic N) is 3. The Morgan fingerprint density at radius 1 is 1.44 bits per heavy atom. The molecule has 1 aromatic rings. The number of hydrogen-bond acceptors (Lipinski definition) is 5. The van der Waals surface area contributed by atoms with Gasteiger partial charge < -0.3 is 15.5 Å². The third-order valence-electron chi connectivity index (χ3n) is 3.01. The van der Waals surface area contributed by atoms with Gasteiger partial charge in [-0.3, -0.25) is 0 Å². The second-order valence-electron chi connectivity index (χ2n) is 4.46. The van der Waals surface area contributed by atoms with E-state index >= 15 is 0 Å². The van der Waals surface area contributed by atoms with Gasteiger partial charge in [0.2, 0.25) is 0 Å². The molecule has 0 aromatic carbocycles. The second kappa shape index (κ2) is 4.90. The van der Waals surface area contributed by atoms with Crippen LogP contribution >= 0.6 is 0 Å². The molecule has 1 saturated carbocycles. The van der Waals surface area contributed by atoms with Crippen LogP contribution in [0.3, 0.4) is 0 Å². The Morgan fingerprint density at radius 3 is 2.88 bits per heavy atom. The summed E-state index contributed by atoms with van der Waals surface area (Å²) in [6.07, 6.45) is 4.03. The Labute approximate surface area is 94.3 Å². The monoisotopic (exact) mass is 226 g/mol. The van der Waals surface area contributed by atoms with Crippen LogP contribution in [-0.2, 0) is 13.1 Å². The molecule has 2 rings (SSSR count). The Kier molecular flexibility index (Phi) is 3.52. The highest BCUT2D eigenvalue weighted by Gasteiger charge is 2.41. The molecule has 1 heterocycles. The van der Waals surface area contributed by atoms with Crippen LogP contribution in [0.15, 0.2) is 6.20 Å². The molecule has 0 saturated heterocycles.